The summed E-state index contributed by atoms with van der Waals surface area (Å²) in [4.78, 5) is 0. The summed E-state index contributed by atoms with van der Waals surface area (Å²) in [5.41, 5.74) is 17.5. The van der Waals surface area contributed by atoms with Crippen LogP contribution in [0.1, 0.15) is 66.8 Å². The molecule has 25 heavy (non-hydrogen) atoms. The Labute approximate surface area is 168 Å². The fraction of sp³-hybridized carbons (Fsp3) is 0.500. The summed E-state index contributed by atoms with van der Waals surface area (Å²) >= 11 is 0. The van der Waals surface area contributed by atoms with Gasteiger partial charge in [0, 0.05) is 18.6 Å². The van der Waals surface area contributed by atoms with Crippen molar-refractivity contribution in [3.8, 4) is 0 Å². The second-order valence-electron chi connectivity index (χ2n) is 7.50. The van der Waals surface area contributed by atoms with Crippen molar-refractivity contribution in [1.29, 1.82) is 0 Å². The molecule has 1 heteroatoms. The van der Waals surface area contributed by atoms with Crippen LogP contribution in [0.2, 0.25) is 0 Å². The summed E-state index contributed by atoms with van der Waals surface area (Å²) in [5.74, 6) is 0. The molecule has 0 saturated carbocycles. The molecule has 2 aromatic carbocycles. The van der Waals surface area contributed by atoms with Crippen molar-refractivity contribution < 1.29 is 18.6 Å². The summed E-state index contributed by atoms with van der Waals surface area (Å²) in [6.45, 7) is 26.5. The Bertz CT molecular complexity index is 502. The first-order chi connectivity index (χ1) is 10.9. The maximum Gasteiger partial charge on any atom is 0 e. The van der Waals surface area contributed by atoms with Gasteiger partial charge in [0.25, 0.3) is 0 Å². The monoisotopic (exact) mass is 375 g/mol. The molecule has 0 unspecified atom stereocenters. The van der Waals surface area contributed by atoms with Crippen LogP contribution in [0.25, 0.3) is 0 Å². The normalized spacial score (nSPS) is 10.1. The fourth-order valence-corrected chi connectivity index (χ4v) is 3.38. The molecule has 0 saturated heterocycles. The van der Waals surface area contributed by atoms with Crippen LogP contribution in [0.5, 0.6) is 0 Å². The van der Waals surface area contributed by atoms with Gasteiger partial charge in [-0.1, -0.05) is 0 Å². The molecule has 0 aliphatic heterocycles. The van der Waals surface area contributed by atoms with Crippen LogP contribution in [-0.2, 0) is 18.6 Å². The van der Waals surface area contributed by atoms with Gasteiger partial charge in [0.15, 0.2) is 0 Å². The molecule has 0 aliphatic carbocycles. The number of hydrogen-bond donors (Lipinski definition) is 0. The smallest absolute Gasteiger partial charge is 0 e. The molecule has 2 rings (SSSR count). The molecule has 0 heterocycles. The Balaban J connectivity index is 0.000000443. The van der Waals surface area contributed by atoms with Crippen LogP contribution < -0.4 is 0 Å². The zero-order valence-corrected chi connectivity index (χ0v) is 19.8. The van der Waals surface area contributed by atoms with Gasteiger partial charge in [-0.3, -0.25) is 0 Å². The van der Waals surface area contributed by atoms with E-state index in [0.717, 1.165) is 0 Å². The summed E-state index contributed by atoms with van der Waals surface area (Å²) in [7, 11) is 0. The zero-order valence-electron chi connectivity index (χ0n) is 18.4. The van der Waals surface area contributed by atoms with Crippen LogP contribution >= 0.6 is 0 Å². The van der Waals surface area contributed by atoms with E-state index in [-0.39, 0.29) is 18.6 Å². The molecule has 0 bridgehead atoms. The van der Waals surface area contributed by atoms with Crippen LogP contribution in [0.15, 0.2) is 0 Å². The van der Waals surface area contributed by atoms with Crippen molar-refractivity contribution in [3.05, 3.63) is 66.8 Å². The van der Waals surface area contributed by atoms with Crippen LogP contribution in [0.4, 0.5) is 0 Å². The molecular formula is C24H36V. The minimum atomic E-state index is 0. The Kier molecular flexibility index (Phi) is 8.75. The van der Waals surface area contributed by atoms with E-state index < -0.39 is 0 Å². The second-order valence-corrected chi connectivity index (χ2v) is 7.50. The first-order valence-corrected chi connectivity index (χ1v) is 9.00. The Hall–Kier alpha value is -0.976. The molecule has 0 amide bonds. The average Bonchev–Trinajstić information content (AvgIpc) is 2.58. The van der Waals surface area contributed by atoms with Crippen molar-refractivity contribution >= 4 is 0 Å². The Morgan fingerprint density at radius 3 is 0.280 bits per heavy atom. The third-order valence-electron chi connectivity index (χ3n) is 6.75. The minimum absolute atomic E-state index is 0. The predicted molar refractivity (Wildman–Crippen MR) is 110 cm³/mol. The molecule has 0 N–H and O–H groups in total. The number of hydrogen-bond acceptors (Lipinski definition) is 0. The van der Waals surface area contributed by atoms with E-state index in [9.17, 15) is 0 Å². The van der Waals surface area contributed by atoms with Crippen molar-refractivity contribution in [2.75, 3.05) is 0 Å². The first-order valence-electron chi connectivity index (χ1n) is 9.00. The van der Waals surface area contributed by atoms with Gasteiger partial charge in [-0.15, -0.1) is 0 Å². The number of rotatable bonds is 0. The van der Waals surface area contributed by atoms with E-state index in [1.165, 1.54) is 66.8 Å². The van der Waals surface area contributed by atoms with E-state index in [4.69, 9.17) is 0 Å². The van der Waals surface area contributed by atoms with Crippen LogP contribution in [0.3, 0.4) is 0 Å². The quantitative estimate of drug-likeness (QED) is 0.462. The first kappa shape index (κ1) is 24.0. The molecular weight excluding hydrogens is 339 g/mol. The molecule has 1 radical (unpaired) electrons. The van der Waals surface area contributed by atoms with Gasteiger partial charge >= 0.3 is 0 Å². The van der Waals surface area contributed by atoms with E-state index in [1.807, 2.05) is 0 Å². The van der Waals surface area contributed by atoms with E-state index in [2.05, 4.69) is 83.1 Å². The standard InChI is InChI=1S/2C12H18.V/c2*1-7-8(2)10(4)12(6)11(5)9(7)3;/h2*1-6H3;. The maximum atomic E-state index is 2.21. The van der Waals surface area contributed by atoms with Gasteiger partial charge in [0.05, 0.1) is 0 Å². The molecule has 0 nitrogen and oxygen atoms in total. The van der Waals surface area contributed by atoms with E-state index >= 15 is 0 Å². The summed E-state index contributed by atoms with van der Waals surface area (Å²) in [6.07, 6.45) is 0. The van der Waals surface area contributed by atoms with Gasteiger partial charge in [0.2, 0.25) is 0 Å². The maximum absolute atomic E-state index is 2.21. The predicted octanol–water partition coefficient (Wildman–Crippen LogP) is 7.07. The summed E-state index contributed by atoms with van der Waals surface area (Å²) in [5, 5.41) is 0. The van der Waals surface area contributed by atoms with Gasteiger partial charge in [0.1, 0.15) is 0 Å². The summed E-state index contributed by atoms with van der Waals surface area (Å²) < 4.78 is 0. The molecule has 2 aromatic rings. The zero-order chi connectivity index (χ0) is 18.9. The van der Waals surface area contributed by atoms with Gasteiger partial charge < -0.3 is 0 Å². The van der Waals surface area contributed by atoms with Crippen LogP contribution in [0, 0.1) is 83.1 Å². The molecule has 0 aromatic heterocycles. The molecule has 0 aliphatic rings. The second kappa shape index (κ2) is 9.10. The van der Waals surface area contributed by atoms with Crippen molar-refractivity contribution in [3.63, 3.8) is 0 Å². The SMILES string of the molecule is Cc1c(C)c(C)c(C)c(C)c1C.Cc1c(C)c(C)c(C)c(C)c1C.[V]. The average molecular weight is 375 g/mol. The number of benzene rings is 2. The molecule has 0 fully saturated rings. The van der Waals surface area contributed by atoms with Crippen LogP contribution in [-0.4, -0.2) is 0 Å². The van der Waals surface area contributed by atoms with Crippen molar-refractivity contribution in [2.45, 2.75) is 83.1 Å². The van der Waals surface area contributed by atoms with Gasteiger partial charge in [-0.2, -0.15) is 0 Å². The van der Waals surface area contributed by atoms with Crippen molar-refractivity contribution in [1.82, 2.24) is 0 Å². The summed E-state index contributed by atoms with van der Waals surface area (Å²) in [6, 6.07) is 0. The third kappa shape index (κ3) is 4.60. The van der Waals surface area contributed by atoms with E-state index in [1.54, 1.807) is 0 Å². The van der Waals surface area contributed by atoms with E-state index in [0.29, 0.717) is 0 Å². The minimum Gasteiger partial charge on any atom is -0.0447 e. The van der Waals surface area contributed by atoms with Crippen molar-refractivity contribution in [2.24, 2.45) is 0 Å². The largest absolute Gasteiger partial charge is 0.0447 e. The topological polar surface area (TPSA) is 0 Å². The molecule has 0 spiro atoms. The Morgan fingerprint density at radius 1 is 0.200 bits per heavy atom. The van der Waals surface area contributed by atoms with Gasteiger partial charge in [-0.25, -0.2) is 0 Å². The fourth-order valence-electron chi connectivity index (χ4n) is 3.38. The molecule has 137 valence electrons. The Morgan fingerprint density at radius 2 is 0.240 bits per heavy atom. The van der Waals surface area contributed by atoms with Gasteiger partial charge in [-0.05, 0) is 150 Å². The molecule has 0 atom stereocenters. The third-order valence-corrected chi connectivity index (χ3v) is 6.75.